The second-order valence-corrected chi connectivity index (χ2v) is 8.60. The lowest BCUT2D eigenvalue weighted by Crippen LogP contribution is -2.20. The molecule has 0 saturated heterocycles. The van der Waals surface area contributed by atoms with E-state index < -0.39 is 0 Å². The number of aromatic nitrogens is 3. The van der Waals surface area contributed by atoms with Gasteiger partial charge in [-0.2, -0.15) is 0 Å². The Labute approximate surface area is 195 Å². The van der Waals surface area contributed by atoms with Crippen LogP contribution in [0.25, 0.3) is 17.1 Å². The minimum absolute atomic E-state index is 0.260. The molecular weight excluding hydrogens is 457 g/mol. The van der Waals surface area contributed by atoms with Gasteiger partial charge in [0.05, 0.1) is 29.4 Å². The minimum atomic E-state index is -0.389. The molecule has 2 aromatic carbocycles. The predicted molar refractivity (Wildman–Crippen MR) is 125 cm³/mol. The van der Waals surface area contributed by atoms with E-state index >= 15 is 0 Å². The van der Waals surface area contributed by atoms with E-state index in [1.54, 1.807) is 26.2 Å². The van der Waals surface area contributed by atoms with Crippen LogP contribution in [-0.2, 0) is 9.53 Å². The minimum Gasteiger partial charge on any atom is -0.497 e. The fourth-order valence-corrected chi connectivity index (χ4v) is 4.43. The molecule has 0 bridgehead atoms. The molecule has 1 atom stereocenters. The van der Waals surface area contributed by atoms with Gasteiger partial charge in [-0.05, 0) is 55.8 Å². The molecule has 9 heteroatoms. The summed E-state index contributed by atoms with van der Waals surface area (Å²) < 4.78 is 12.4. The van der Waals surface area contributed by atoms with Gasteiger partial charge in [-0.1, -0.05) is 48.3 Å². The number of ether oxygens (including phenoxy) is 2. The smallest absolute Gasteiger partial charge is 0.319 e. The van der Waals surface area contributed by atoms with Crippen molar-refractivity contribution >= 4 is 40.9 Å². The summed E-state index contributed by atoms with van der Waals surface area (Å²) in [5, 5.41) is 9.85. The highest BCUT2D eigenvalue weighted by Crippen LogP contribution is 2.34. The number of esters is 1. The second kappa shape index (κ2) is 10.9. The molecule has 6 nitrogen and oxygen atoms in total. The summed E-state index contributed by atoms with van der Waals surface area (Å²) in [5.74, 6) is 1.09. The van der Waals surface area contributed by atoms with E-state index in [1.807, 2.05) is 41.8 Å². The molecule has 0 amide bonds. The highest BCUT2D eigenvalue weighted by molar-refractivity contribution is 8.00. The molecule has 1 heterocycles. The number of hydrogen-bond acceptors (Lipinski definition) is 6. The Balaban J connectivity index is 2.09. The van der Waals surface area contributed by atoms with Crippen LogP contribution in [0.5, 0.6) is 5.75 Å². The van der Waals surface area contributed by atoms with Crippen LogP contribution in [0.3, 0.4) is 0 Å². The monoisotopic (exact) mass is 479 g/mol. The Kier molecular flexibility index (Phi) is 8.23. The highest BCUT2D eigenvalue weighted by atomic mass is 35.5. The molecule has 0 N–H and O–H groups in total. The number of benzene rings is 2. The zero-order chi connectivity index (χ0) is 22.4. The van der Waals surface area contributed by atoms with Crippen molar-refractivity contribution in [3.8, 4) is 22.8 Å². The lowest BCUT2D eigenvalue weighted by atomic mass is 10.2. The lowest BCUT2D eigenvalue weighted by Gasteiger charge is -2.16. The average molecular weight is 480 g/mol. The number of carbonyl (C=O) groups excluding carboxylic acids is 1. The first kappa shape index (κ1) is 23.4. The van der Waals surface area contributed by atoms with E-state index in [1.165, 1.54) is 11.8 Å². The van der Waals surface area contributed by atoms with Crippen molar-refractivity contribution in [1.82, 2.24) is 14.8 Å². The van der Waals surface area contributed by atoms with Crippen molar-refractivity contribution < 1.29 is 14.3 Å². The lowest BCUT2D eigenvalue weighted by molar-refractivity contribution is -0.142. The third kappa shape index (κ3) is 5.53. The van der Waals surface area contributed by atoms with Crippen molar-refractivity contribution in [3.05, 3.63) is 52.5 Å². The van der Waals surface area contributed by atoms with E-state index in [-0.39, 0.29) is 11.2 Å². The maximum atomic E-state index is 12.5. The third-order valence-electron chi connectivity index (χ3n) is 4.49. The predicted octanol–water partition coefficient (Wildman–Crippen LogP) is 6.07. The van der Waals surface area contributed by atoms with Crippen LogP contribution < -0.4 is 4.74 Å². The Morgan fingerprint density at radius 2 is 1.84 bits per heavy atom. The van der Waals surface area contributed by atoms with Crippen molar-refractivity contribution in [2.45, 2.75) is 37.1 Å². The zero-order valence-corrected chi connectivity index (χ0v) is 19.8. The fraction of sp³-hybridized carbons (Fsp3) is 0.318. The van der Waals surface area contributed by atoms with E-state index in [9.17, 15) is 4.79 Å². The molecule has 3 rings (SSSR count). The maximum absolute atomic E-state index is 12.5. The molecule has 0 fully saturated rings. The van der Waals surface area contributed by atoms with Gasteiger partial charge >= 0.3 is 5.97 Å². The summed E-state index contributed by atoms with van der Waals surface area (Å²) in [5.41, 5.74) is 1.58. The molecule has 31 heavy (non-hydrogen) atoms. The standard InChI is InChI=1S/C22H23Cl2N3O3S/c1-4-6-19(21(28)30-5-2)31-22-26-25-20(14-7-10-16(29-3)11-8-14)27(22)15-9-12-17(23)18(24)13-15/h7-13,19H,4-6H2,1-3H3/t19-/m0/s1. The van der Waals surface area contributed by atoms with Crippen LogP contribution in [0.2, 0.25) is 10.0 Å². The van der Waals surface area contributed by atoms with Crippen LogP contribution in [-0.4, -0.2) is 39.7 Å². The van der Waals surface area contributed by atoms with E-state index in [4.69, 9.17) is 32.7 Å². The first-order valence-corrected chi connectivity index (χ1v) is 11.5. The Hall–Kier alpha value is -2.22. The van der Waals surface area contributed by atoms with Crippen LogP contribution >= 0.6 is 35.0 Å². The van der Waals surface area contributed by atoms with Crippen molar-refractivity contribution in [3.63, 3.8) is 0 Å². The first-order chi connectivity index (χ1) is 15.0. The summed E-state index contributed by atoms with van der Waals surface area (Å²) >= 11 is 13.7. The summed E-state index contributed by atoms with van der Waals surface area (Å²) in [4.78, 5) is 12.5. The number of thioether (sulfide) groups is 1. The first-order valence-electron chi connectivity index (χ1n) is 9.87. The van der Waals surface area contributed by atoms with Gasteiger partial charge in [0.2, 0.25) is 0 Å². The number of nitrogens with zero attached hydrogens (tertiary/aromatic N) is 3. The molecule has 3 aromatic rings. The molecule has 0 saturated carbocycles. The second-order valence-electron chi connectivity index (χ2n) is 6.62. The third-order valence-corrected chi connectivity index (χ3v) is 6.42. The van der Waals surface area contributed by atoms with Gasteiger partial charge in [-0.15, -0.1) is 10.2 Å². The molecule has 0 aliphatic rings. The molecule has 0 unspecified atom stereocenters. The molecule has 0 aliphatic heterocycles. The summed E-state index contributed by atoms with van der Waals surface area (Å²) in [6, 6.07) is 12.8. The zero-order valence-electron chi connectivity index (χ0n) is 17.5. The highest BCUT2D eigenvalue weighted by Gasteiger charge is 2.25. The summed E-state index contributed by atoms with van der Waals surface area (Å²) in [6.45, 7) is 4.15. The summed E-state index contributed by atoms with van der Waals surface area (Å²) in [7, 11) is 1.62. The van der Waals surface area contributed by atoms with Crippen LogP contribution in [0.15, 0.2) is 47.6 Å². The maximum Gasteiger partial charge on any atom is 0.319 e. The summed E-state index contributed by atoms with van der Waals surface area (Å²) in [6.07, 6.45) is 1.50. The van der Waals surface area contributed by atoms with Crippen molar-refractivity contribution in [1.29, 1.82) is 0 Å². The van der Waals surface area contributed by atoms with Gasteiger partial charge in [0.1, 0.15) is 11.0 Å². The topological polar surface area (TPSA) is 66.2 Å². The molecule has 164 valence electrons. The quantitative estimate of drug-likeness (QED) is 0.274. The molecular formula is C22H23Cl2N3O3S. The normalized spacial score (nSPS) is 11.9. The fourth-order valence-electron chi connectivity index (χ4n) is 2.98. The van der Waals surface area contributed by atoms with Crippen LogP contribution in [0.1, 0.15) is 26.7 Å². The molecule has 0 aliphatic carbocycles. The van der Waals surface area contributed by atoms with Gasteiger partial charge in [-0.25, -0.2) is 0 Å². The molecule has 0 radical (unpaired) electrons. The Morgan fingerprint density at radius 1 is 1.10 bits per heavy atom. The number of rotatable bonds is 9. The number of hydrogen-bond donors (Lipinski definition) is 0. The van der Waals surface area contributed by atoms with E-state index in [2.05, 4.69) is 10.2 Å². The SMILES string of the molecule is CCC[C@H](Sc1nnc(-c2ccc(OC)cc2)n1-c1ccc(Cl)c(Cl)c1)C(=O)OCC. The van der Waals surface area contributed by atoms with Crippen molar-refractivity contribution in [2.24, 2.45) is 0 Å². The van der Waals surface area contributed by atoms with Crippen molar-refractivity contribution in [2.75, 3.05) is 13.7 Å². The van der Waals surface area contributed by atoms with Crippen LogP contribution in [0.4, 0.5) is 0 Å². The van der Waals surface area contributed by atoms with E-state index in [0.29, 0.717) is 34.1 Å². The molecule has 1 aromatic heterocycles. The van der Waals surface area contributed by atoms with Gasteiger partial charge in [0.15, 0.2) is 11.0 Å². The van der Waals surface area contributed by atoms with E-state index in [0.717, 1.165) is 23.4 Å². The number of carbonyl (C=O) groups is 1. The number of halogens is 2. The number of methoxy groups -OCH3 is 1. The largest absolute Gasteiger partial charge is 0.497 e. The Morgan fingerprint density at radius 3 is 2.45 bits per heavy atom. The molecule has 0 spiro atoms. The van der Waals surface area contributed by atoms with Gasteiger partial charge in [0, 0.05) is 5.56 Å². The van der Waals surface area contributed by atoms with Gasteiger partial charge in [-0.3, -0.25) is 9.36 Å². The van der Waals surface area contributed by atoms with Gasteiger partial charge < -0.3 is 9.47 Å². The average Bonchev–Trinajstić information content (AvgIpc) is 3.19. The Bertz CT molecular complexity index is 1040. The van der Waals surface area contributed by atoms with Gasteiger partial charge in [0.25, 0.3) is 0 Å². The van der Waals surface area contributed by atoms with Crippen LogP contribution in [0, 0.1) is 0 Å².